The van der Waals surface area contributed by atoms with Gasteiger partial charge in [-0.25, -0.2) is 0 Å². The Balaban J connectivity index is 1.57. The van der Waals surface area contributed by atoms with Crippen molar-refractivity contribution < 1.29 is 27.9 Å². The van der Waals surface area contributed by atoms with Crippen LogP contribution in [-0.4, -0.2) is 71.3 Å². The molecule has 2 N–H and O–H groups in total. The second-order valence-corrected chi connectivity index (χ2v) is 7.29. The van der Waals surface area contributed by atoms with Crippen LogP contribution in [0.4, 0.5) is 19.0 Å². The number of carbonyl (C=O) groups excluding carboxylic acids is 2. The zero-order valence-corrected chi connectivity index (χ0v) is 17.3. The van der Waals surface area contributed by atoms with Gasteiger partial charge in [-0.1, -0.05) is 12.1 Å². The fourth-order valence-corrected chi connectivity index (χ4v) is 3.37. The maximum Gasteiger partial charge on any atom is 0.417 e. The minimum absolute atomic E-state index is 0.0675. The summed E-state index contributed by atoms with van der Waals surface area (Å²) < 4.78 is 39.7. The molecule has 0 bridgehead atoms. The first kappa shape index (κ1) is 23.5. The highest BCUT2D eigenvalue weighted by atomic mass is 19.4. The zero-order chi connectivity index (χ0) is 23.1. The number of aromatic nitrogens is 2. The number of nitrogens with one attached hydrogen (secondary N) is 1. The third kappa shape index (κ3) is 5.72. The van der Waals surface area contributed by atoms with E-state index in [2.05, 4.69) is 15.5 Å². The van der Waals surface area contributed by atoms with Crippen molar-refractivity contribution in [3.63, 3.8) is 0 Å². The number of benzene rings is 1. The molecule has 11 heteroatoms. The average molecular weight is 451 g/mol. The van der Waals surface area contributed by atoms with Gasteiger partial charge in [0.05, 0.1) is 11.1 Å². The summed E-state index contributed by atoms with van der Waals surface area (Å²) in [4.78, 5) is 28.0. The Morgan fingerprint density at radius 1 is 1.00 bits per heavy atom. The van der Waals surface area contributed by atoms with Crippen molar-refractivity contribution in [1.29, 1.82) is 0 Å². The highest BCUT2D eigenvalue weighted by Gasteiger charge is 2.36. The van der Waals surface area contributed by atoms with Gasteiger partial charge in [0.15, 0.2) is 11.5 Å². The Labute approximate surface area is 183 Å². The molecule has 1 saturated heterocycles. The molecule has 3 rings (SSSR count). The molecule has 1 aromatic heterocycles. The summed E-state index contributed by atoms with van der Waals surface area (Å²) in [5, 5.41) is 19.4. The van der Waals surface area contributed by atoms with Gasteiger partial charge in [-0.05, 0) is 37.1 Å². The van der Waals surface area contributed by atoms with Gasteiger partial charge in [0.1, 0.15) is 0 Å². The van der Waals surface area contributed by atoms with Crippen LogP contribution in [0.3, 0.4) is 0 Å². The highest BCUT2D eigenvalue weighted by Crippen LogP contribution is 2.32. The number of unbranched alkanes of at least 4 members (excludes halogenated alkanes) is 1. The second-order valence-electron chi connectivity index (χ2n) is 7.29. The number of piperazine rings is 1. The third-order valence-corrected chi connectivity index (χ3v) is 5.11. The molecule has 32 heavy (non-hydrogen) atoms. The van der Waals surface area contributed by atoms with E-state index < -0.39 is 17.6 Å². The minimum Gasteiger partial charge on any atom is -0.396 e. The van der Waals surface area contributed by atoms with Gasteiger partial charge in [0.25, 0.3) is 11.8 Å². The van der Waals surface area contributed by atoms with Crippen LogP contribution >= 0.6 is 0 Å². The molecule has 2 aromatic rings. The molecular weight excluding hydrogens is 427 g/mol. The van der Waals surface area contributed by atoms with Crippen molar-refractivity contribution in [2.24, 2.45) is 0 Å². The molecule has 1 fully saturated rings. The summed E-state index contributed by atoms with van der Waals surface area (Å²) in [5.41, 5.74) is -1.14. The number of amides is 2. The fourth-order valence-electron chi connectivity index (χ4n) is 3.37. The number of aliphatic hydroxyl groups is 1. The fraction of sp³-hybridized carbons (Fsp3) is 0.429. The standard InChI is InChI=1S/C21H24F3N5O3/c22-21(23,24)16-6-2-1-5-15(16)20(32)29-12-10-28(11-13-29)18-8-7-17(26-27-18)19(31)25-9-3-4-14-30/h1-2,5-8,30H,3-4,9-14H2,(H,25,31). The predicted octanol–water partition coefficient (Wildman–Crippen LogP) is 1.96. The summed E-state index contributed by atoms with van der Waals surface area (Å²) in [6, 6.07) is 7.96. The first-order valence-electron chi connectivity index (χ1n) is 10.2. The maximum absolute atomic E-state index is 13.2. The van der Waals surface area contributed by atoms with Crippen molar-refractivity contribution in [3.05, 3.63) is 53.2 Å². The van der Waals surface area contributed by atoms with E-state index in [0.717, 1.165) is 6.07 Å². The van der Waals surface area contributed by atoms with Crippen LogP contribution in [0.5, 0.6) is 0 Å². The molecule has 8 nitrogen and oxygen atoms in total. The van der Waals surface area contributed by atoms with Crippen LogP contribution in [0.2, 0.25) is 0 Å². The van der Waals surface area contributed by atoms with E-state index in [9.17, 15) is 22.8 Å². The van der Waals surface area contributed by atoms with E-state index in [1.54, 1.807) is 12.1 Å². The van der Waals surface area contributed by atoms with Gasteiger partial charge in [0.2, 0.25) is 0 Å². The molecule has 1 aliphatic rings. The summed E-state index contributed by atoms with van der Waals surface area (Å²) in [6.07, 6.45) is -3.35. The maximum atomic E-state index is 13.2. The van der Waals surface area contributed by atoms with Gasteiger partial charge in [-0.15, -0.1) is 10.2 Å². The van der Waals surface area contributed by atoms with E-state index in [1.165, 1.54) is 23.1 Å². The van der Waals surface area contributed by atoms with Gasteiger partial charge in [-0.2, -0.15) is 13.2 Å². The molecule has 2 amide bonds. The number of anilines is 1. The Morgan fingerprint density at radius 2 is 1.72 bits per heavy atom. The van der Waals surface area contributed by atoms with E-state index >= 15 is 0 Å². The number of halogens is 3. The van der Waals surface area contributed by atoms with E-state index in [-0.39, 0.29) is 36.9 Å². The monoisotopic (exact) mass is 451 g/mol. The molecule has 0 aliphatic carbocycles. The first-order chi connectivity index (χ1) is 15.3. The Morgan fingerprint density at radius 3 is 2.34 bits per heavy atom. The van der Waals surface area contributed by atoms with Gasteiger partial charge in [-0.3, -0.25) is 9.59 Å². The van der Waals surface area contributed by atoms with E-state index in [0.29, 0.717) is 38.3 Å². The molecule has 1 aliphatic heterocycles. The number of hydrogen-bond acceptors (Lipinski definition) is 6. The lowest BCUT2D eigenvalue weighted by atomic mass is 10.1. The van der Waals surface area contributed by atoms with Gasteiger partial charge >= 0.3 is 6.18 Å². The number of aliphatic hydroxyl groups excluding tert-OH is 1. The van der Waals surface area contributed by atoms with Crippen molar-refractivity contribution in [2.45, 2.75) is 19.0 Å². The molecule has 1 aromatic carbocycles. The molecule has 0 spiro atoms. The SMILES string of the molecule is O=C(NCCCCO)c1ccc(N2CCN(C(=O)c3ccccc3C(F)(F)F)CC2)nn1. The molecule has 0 atom stereocenters. The third-order valence-electron chi connectivity index (χ3n) is 5.11. The topological polar surface area (TPSA) is 98.7 Å². The van der Waals surface area contributed by atoms with Crippen LogP contribution in [0, 0.1) is 0 Å². The quantitative estimate of drug-likeness (QED) is 0.625. The Kier molecular flexibility index (Phi) is 7.62. The minimum atomic E-state index is -4.60. The summed E-state index contributed by atoms with van der Waals surface area (Å²) in [7, 11) is 0. The number of alkyl halides is 3. The Hall–Kier alpha value is -3.21. The number of rotatable bonds is 7. The van der Waals surface area contributed by atoms with Crippen LogP contribution in [-0.2, 0) is 6.18 Å². The van der Waals surface area contributed by atoms with E-state index in [1.807, 2.05) is 4.90 Å². The first-order valence-corrected chi connectivity index (χ1v) is 10.2. The molecular formula is C21H24F3N5O3. The lowest BCUT2D eigenvalue weighted by Crippen LogP contribution is -2.49. The van der Waals surface area contributed by atoms with Crippen molar-refractivity contribution in [2.75, 3.05) is 44.2 Å². The highest BCUT2D eigenvalue weighted by molar-refractivity contribution is 5.96. The molecule has 0 unspecified atom stereocenters. The van der Waals surface area contributed by atoms with Gasteiger partial charge in [0, 0.05) is 39.3 Å². The van der Waals surface area contributed by atoms with Crippen LogP contribution in [0.25, 0.3) is 0 Å². The zero-order valence-electron chi connectivity index (χ0n) is 17.3. The summed E-state index contributed by atoms with van der Waals surface area (Å²) >= 11 is 0. The van der Waals surface area contributed by atoms with Crippen molar-refractivity contribution >= 4 is 17.6 Å². The van der Waals surface area contributed by atoms with Gasteiger partial charge < -0.3 is 20.2 Å². The molecule has 0 saturated carbocycles. The Bertz CT molecular complexity index is 929. The van der Waals surface area contributed by atoms with Crippen LogP contribution in [0.15, 0.2) is 36.4 Å². The smallest absolute Gasteiger partial charge is 0.396 e. The van der Waals surface area contributed by atoms with Crippen LogP contribution < -0.4 is 10.2 Å². The number of hydrogen-bond donors (Lipinski definition) is 2. The lowest BCUT2D eigenvalue weighted by Gasteiger charge is -2.35. The largest absolute Gasteiger partial charge is 0.417 e. The molecule has 172 valence electrons. The normalized spacial score (nSPS) is 14.4. The predicted molar refractivity (Wildman–Crippen MR) is 110 cm³/mol. The summed E-state index contributed by atoms with van der Waals surface area (Å²) in [6.45, 7) is 1.72. The average Bonchev–Trinajstić information content (AvgIpc) is 2.81. The van der Waals surface area contributed by atoms with Crippen LogP contribution in [0.1, 0.15) is 39.3 Å². The summed E-state index contributed by atoms with van der Waals surface area (Å²) in [5.74, 6) is -0.498. The molecule has 0 radical (unpaired) electrons. The lowest BCUT2D eigenvalue weighted by molar-refractivity contribution is -0.138. The number of carbonyl (C=O) groups is 2. The number of nitrogens with zero attached hydrogens (tertiary/aromatic N) is 4. The van der Waals surface area contributed by atoms with Crippen molar-refractivity contribution in [1.82, 2.24) is 20.4 Å². The molecule has 2 heterocycles. The second kappa shape index (κ2) is 10.4. The van der Waals surface area contributed by atoms with Crippen molar-refractivity contribution in [3.8, 4) is 0 Å². The van der Waals surface area contributed by atoms with E-state index in [4.69, 9.17) is 5.11 Å².